The van der Waals surface area contributed by atoms with Gasteiger partial charge in [0.2, 0.25) is 0 Å². The number of nitrogen functional groups attached to an aromatic ring is 2. The van der Waals surface area contributed by atoms with Gasteiger partial charge in [0.15, 0.2) is 11.6 Å². The van der Waals surface area contributed by atoms with E-state index in [2.05, 4.69) is 26.0 Å². The topological polar surface area (TPSA) is 237 Å². The Morgan fingerprint density at radius 1 is 0.581 bits per heavy atom. The molecule has 74 heavy (non-hydrogen) atoms. The number of halogens is 4. The summed E-state index contributed by atoms with van der Waals surface area (Å²) in [5.41, 5.74) is 14.0. The Morgan fingerprint density at radius 2 is 1.05 bits per heavy atom. The summed E-state index contributed by atoms with van der Waals surface area (Å²) in [4.78, 5) is 56.1. The summed E-state index contributed by atoms with van der Waals surface area (Å²) in [6.45, 7) is 7.34. The van der Waals surface area contributed by atoms with Crippen molar-refractivity contribution in [3.8, 4) is 11.5 Å². The van der Waals surface area contributed by atoms with Gasteiger partial charge in [0.05, 0.1) is 17.6 Å². The van der Waals surface area contributed by atoms with Crippen molar-refractivity contribution in [2.75, 3.05) is 18.1 Å². The first-order valence-electron chi connectivity index (χ1n) is 24.1. The number of fused-ring (bicyclic) bond motifs is 6. The van der Waals surface area contributed by atoms with Crippen molar-refractivity contribution < 1.29 is 55.7 Å². The van der Waals surface area contributed by atoms with E-state index in [1.807, 2.05) is 82.3 Å². The molecule has 14 nitrogen and oxygen atoms in total. The maximum absolute atomic E-state index is 15.0. The monoisotopic (exact) mass is 1060 g/mol. The second kappa shape index (κ2) is 21.5. The van der Waals surface area contributed by atoms with E-state index in [1.54, 1.807) is 36.7 Å². The summed E-state index contributed by atoms with van der Waals surface area (Å²) in [5.74, 6) is 0.162. The minimum Gasteiger partial charge on any atom is -0.493 e. The average Bonchev–Trinajstić information content (AvgIpc) is 3.32. The molecular weight excluding hydrogens is 999 g/mol. The van der Waals surface area contributed by atoms with Gasteiger partial charge in [-0.3, -0.25) is 19.1 Å². The summed E-state index contributed by atoms with van der Waals surface area (Å²) in [6.07, 6.45) is 0.789. The van der Waals surface area contributed by atoms with Gasteiger partial charge in [-0.15, -0.1) is 0 Å². The molecule has 8 aromatic rings. The highest BCUT2D eigenvalue weighted by Crippen LogP contribution is 2.57. The van der Waals surface area contributed by atoms with Gasteiger partial charge in [0, 0.05) is 52.7 Å². The van der Waals surface area contributed by atoms with Crippen LogP contribution >= 0.6 is 15.2 Å². The van der Waals surface area contributed by atoms with E-state index >= 15 is 0 Å². The molecule has 0 aliphatic heterocycles. The lowest BCUT2D eigenvalue weighted by molar-refractivity contribution is 0.0183. The Labute approximate surface area is 424 Å². The largest absolute Gasteiger partial charge is 0.493 e. The average molecular weight is 1060 g/mol. The molecule has 20 heteroatoms. The van der Waals surface area contributed by atoms with Crippen LogP contribution in [0.4, 0.5) is 29.2 Å². The maximum atomic E-state index is 15.0. The number of benzene rings is 4. The zero-order chi connectivity index (χ0) is 53.3. The molecule has 2 unspecified atom stereocenters. The van der Waals surface area contributed by atoms with Crippen molar-refractivity contribution >= 4 is 70.4 Å². The summed E-state index contributed by atoms with van der Waals surface area (Å²) >= 11 is 0. The lowest BCUT2D eigenvalue weighted by Crippen LogP contribution is -2.34. The van der Waals surface area contributed by atoms with Crippen LogP contribution in [-0.4, -0.2) is 63.5 Å². The van der Waals surface area contributed by atoms with Gasteiger partial charge in [-0.1, -0.05) is 36.4 Å². The maximum Gasteiger partial charge on any atom is 0.394 e. The lowest BCUT2D eigenvalue weighted by Gasteiger charge is -2.30. The van der Waals surface area contributed by atoms with Crippen molar-refractivity contribution in [2.24, 2.45) is 5.92 Å². The van der Waals surface area contributed by atoms with Crippen LogP contribution in [0.1, 0.15) is 76.6 Å². The number of rotatable bonds is 21. The predicted molar refractivity (Wildman–Crippen MR) is 280 cm³/mol. The van der Waals surface area contributed by atoms with Gasteiger partial charge >= 0.3 is 26.5 Å². The first kappa shape index (κ1) is 54.0. The smallest absolute Gasteiger partial charge is 0.394 e. The van der Waals surface area contributed by atoms with Crippen LogP contribution in [0.2, 0.25) is 0 Å². The fraction of sp³-hybridized carbons (Fsp3) is 0.333. The SMILES string of the molecule is Cc1ccc2c(c1)nc(N)c1ncc(CCc3ccc(OCC(CCC(F)(F)P(=O)(O)O)C(CCCC(F)(F)P(=O)(O)O)Oc4ccc(CCc5cnc6c(N)nc7cc(C)ccc7c6c5)c(C)c4)cc3C)cc12. The number of ether oxygens (including phenoxy) is 2. The van der Waals surface area contributed by atoms with Crippen LogP contribution in [0.5, 0.6) is 11.5 Å². The normalized spacial score (nSPS) is 13.5. The number of pyridine rings is 4. The Balaban J connectivity index is 1.01. The van der Waals surface area contributed by atoms with Gasteiger partial charge in [-0.25, -0.2) is 9.97 Å². The number of alkyl halides is 4. The molecule has 0 radical (unpaired) electrons. The highest BCUT2D eigenvalue weighted by atomic mass is 31.2. The van der Waals surface area contributed by atoms with Crippen molar-refractivity contribution in [1.82, 2.24) is 19.9 Å². The standard InChI is InChI=1S/C54H58F4N6O8P2/c1-31-7-17-42-44-26-35(28-61-49(44)51(59)63-46(42)22-31)9-11-37-13-15-40(24-33(37)3)71-30-39(19-21-54(57,58)74(68,69)70)48(6-5-20-53(55,56)73(65,66)67)72-41-16-14-38(34(4)25-41)12-10-36-27-45-43-18-8-32(2)23-47(43)64-52(60)50(45)62-29-36/h7-8,13-18,22-29,39,48H,5-6,9-12,19-21,30H2,1-4H3,(H2,59,63)(H2,60,64)(H2,65,66,67)(H2,68,69,70). The van der Waals surface area contributed by atoms with E-state index in [-0.39, 0.29) is 18.8 Å². The van der Waals surface area contributed by atoms with Gasteiger partial charge < -0.3 is 40.5 Å². The first-order valence-corrected chi connectivity index (χ1v) is 27.3. The molecule has 4 aromatic heterocycles. The Hall–Kier alpha value is -6.26. The summed E-state index contributed by atoms with van der Waals surface area (Å²) in [6, 6.07) is 26.6. The minimum atomic E-state index is -5.92. The van der Waals surface area contributed by atoms with Gasteiger partial charge in [0.25, 0.3) is 0 Å². The number of anilines is 2. The van der Waals surface area contributed by atoms with Crippen molar-refractivity contribution in [3.05, 3.63) is 142 Å². The third-order valence-electron chi connectivity index (χ3n) is 13.6. The quantitative estimate of drug-likeness (QED) is 0.0223. The minimum absolute atomic E-state index is 0.243. The van der Waals surface area contributed by atoms with E-state index in [1.165, 1.54) is 0 Å². The molecule has 2 atom stereocenters. The zero-order valence-corrected chi connectivity index (χ0v) is 43.0. The Bertz CT molecular complexity index is 3500. The summed E-state index contributed by atoms with van der Waals surface area (Å²) in [7, 11) is -11.8. The highest BCUT2D eigenvalue weighted by Gasteiger charge is 2.50. The second-order valence-corrected chi connectivity index (χ2v) is 22.8. The molecule has 8 rings (SSSR count). The number of hydrogen-bond donors (Lipinski definition) is 6. The molecule has 4 aromatic carbocycles. The third kappa shape index (κ3) is 12.3. The van der Waals surface area contributed by atoms with E-state index in [9.17, 15) is 46.3 Å². The van der Waals surface area contributed by atoms with Crippen molar-refractivity contribution in [2.45, 2.75) is 103 Å². The summed E-state index contributed by atoms with van der Waals surface area (Å²) in [5, 5.41) is 3.63. The number of nitrogens with zero attached hydrogens (tertiary/aromatic N) is 4. The molecule has 8 N–H and O–H groups in total. The van der Waals surface area contributed by atoms with Crippen LogP contribution in [-0.2, 0) is 34.8 Å². The Morgan fingerprint density at radius 3 is 1.54 bits per heavy atom. The van der Waals surface area contributed by atoms with E-state index in [4.69, 9.17) is 20.9 Å². The molecule has 390 valence electrons. The molecule has 4 heterocycles. The van der Waals surface area contributed by atoms with Gasteiger partial charge in [-0.2, -0.15) is 17.6 Å². The van der Waals surface area contributed by atoms with Crippen LogP contribution in [0.25, 0.3) is 43.6 Å². The predicted octanol–water partition coefficient (Wildman–Crippen LogP) is 11.8. The van der Waals surface area contributed by atoms with Crippen molar-refractivity contribution in [1.29, 1.82) is 0 Å². The zero-order valence-electron chi connectivity index (χ0n) is 41.2. The highest BCUT2D eigenvalue weighted by molar-refractivity contribution is 7.53. The molecule has 0 fully saturated rings. The van der Waals surface area contributed by atoms with E-state index in [0.29, 0.717) is 54.1 Å². The van der Waals surface area contributed by atoms with Gasteiger partial charge in [0.1, 0.15) is 28.6 Å². The second-order valence-electron chi connectivity index (χ2n) is 19.3. The molecule has 0 aliphatic rings. The fourth-order valence-corrected chi connectivity index (χ4v) is 10.2. The lowest BCUT2D eigenvalue weighted by atomic mass is 9.93. The van der Waals surface area contributed by atoms with Crippen LogP contribution in [0.15, 0.2) is 97.3 Å². The number of aromatic nitrogens is 4. The number of nitrogens with two attached hydrogens (primary N) is 2. The molecule has 0 bridgehead atoms. The molecule has 0 amide bonds. The fourth-order valence-electron chi connectivity index (χ4n) is 9.33. The van der Waals surface area contributed by atoms with E-state index in [0.717, 1.165) is 77.1 Å². The van der Waals surface area contributed by atoms with Gasteiger partial charge in [-0.05, 0) is 166 Å². The number of aryl methyl sites for hydroxylation is 8. The van der Waals surface area contributed by atoms with Crippen molar-refractivity contribution in [3.63, 3.8) is 0 Å². The third-order valence-corrected chi connectivity index (χ3v) is 15.8. The molecule has 0 saturated heterocycles. The molecule has 0 aliphatic carbocycles. The van der Waals surface area contributed by atoms with Crippen LogP contribution in [0.3, 0.4) is 0 Å². The molecular formula is C54H58F4N6O8P2. The molecule has 0 saturated carbocycles. The van der Waals surface area contributed by atoms with Crippen LogP contribution < -0.4 is 20.9 Å². The van der Waals surface area contributed by atoms with E-state index < -0.39 is 64.2 Å². The Kier molecular flexibility index (Phi) is 15.7. The number of hydrogen-bond acceptors (Lipinski definition) is 10. The molecule has 0 spiro atoms. The summed E-state index contributed by atoms with van der Waals surface area (Å²) < 4.78 is 95.3. The van der Waals surface area contributed by atoms with Crippen LogP contribution in [0, 0.1) is 33.6 Å². The first-order chi connectivity index (χ1) is 34.9.